The third-order valence-electron chi connectivity index (χ3n) is 3.63. The van der Waals surface area contributed by atoms with Crippen molar-refractivity contribution < 1.29 is 23.5 Å². The van der Waals surface area contributed by atoms with Gasteiger partial charge in [0.05, 0.1) is 25.2 Å². The molecule has 2 rings (SSSR count). The summed E-state index contributed by atoms with van der Waals surface area (Å²) in [5, 5.41) is 3.94. The molecule has 0 spiro atoms. The van der Waals surface area contributed by atoms with Gasteiger partial charge in [0.15, 0.2) is 5.82 Å². The van der Waals surface area contributed by atoms with Gasteiger partial charge in [-0.2, -0.15) is 4.98 Å². The molecule has 0 N–H and O–H groups in total. The first-order valence-corrected chi connectivity index (χ1v) is 7.20. The fourth-order valence-electron chi connectivity index (χ4n) is 2.24. The molecule has 22 heavy (non-hydrogen) atoms. The Morgan fingerprint density at radius 1 is 1.45 bits per heavy atom. The maximum absolute atomic E-state index is 12.6. The van der Waals surface area contributed by atoms with E-state index < -0.39 is 5.60 Å². The maximum Gasteiger partial charge on any atom is 0.252 e. The average Bonchev–Trinajstić information content (AvgIpc) is 2.96. The van der Waals surface area contributed by atoms with E-state index in [1.807, 2.05) is 13.8 Å². The second kappa shape index (κ2) is 7.17. The zero-order chi connectivity index (χ0) is 16.2. The number of amides is 1. The molecule has 1 atom stereocenters. The monoisotopic (exact) mass is 313 g/mol. The van der Waals surface area contributed by atoms with Crippen LogP contribution in [0.25, 0.3) is 0 Å². The van der Waals surface area contributed by atoms with Crippen LogP contribution in [0.3, 0.4) is 0 Å². The topological polar surface area (TPSA) is 86.9 Å². The van der Waals surface area contributed by atoms with Crippen molar-refractivity contribution in [3.63, 3.8) is 0 Å². The van der Waals surface area contributed by atoms with Crippen LogP contribution in [0.4, 0.5) is 0 Å². The second-order valence-electron chi connectivity index (χ2n) is 5.80. The number of carbonyl (C=O) groups excluding carboxylic acids is 1. The lowest BCUT2D eigenvalue weighted by molar-refractivity contribution is -0.145. The van der Waals surface area contributed by atoms with Crippen LogP contribution in [0.2, 0.25) is 0 Å². The minimum Gasteiger partial charge on any atom is -0.378 e. The molecule has 1 unspecified atom stereocenters. The van der Waals surface area contributed by atoms with Crippen molar-refractivity contribution in [3.8, 4) is 0 Å². The first-order chi connectivity index (χ1) is 10.5. The first kappa shape index (κ1) is 16.9. The Hall–Kier alpha value is -1.51. The fraction of sp³-hybridized carbons (Fsp3) is 0.786. The van der Waals surface area contributed by atoms with E-state index in [2.05, 4.69) is 10.1 Å². The molecule has 1 aliphatic heterocycles. The van der Waals surface area contributed by atoms with E-state index in [1.165, 1.54) is 0 Å². The van der Waals surface area contributed by atoms with Crippen LogP contribution in [-0.4, -0.2) is 60.5 Å². The van der Waals surface area contributed by atoms with Crippen molar-refractivity contribution in [1.29, 1.82) is 0 Å². The number of morpholine rings is 1. The highest BCUT2D eigenvalue weighted by Crippen LogP contribution is 2.25. The van der Waals surface area contributed by atoms with E-state index in [0.717, 1.165) is 0 Å². The highest BCUT2D eigenvalue weighted by molar-refractivity contribution is 5.77. The molecule has 0 aromatic carbocycles. The van der Waals surface area contributed by atoms with Crippen LogP contribution in [-0.2, 0) is 25.6 Å². The van der Waals surface area contributed by atoms with E-state index in [4.69, 9.17) is 18.7 Å². The number of hydrogen-bond donors (Lipinski definition) is 0. The van der Waals surface area contributed by atoms with Crippen molar-refractivity contribution in [2.24, 2.45) is 0 Å². The molecule has 1 saturated heterocycles. The van der Waals surface area contributed by atoms with Crippen molar-refractivity contribution in [2.75, 3.05) is 34.0 Å². The Labute approximate surface area is 129 Å². The molecule has 1 aliphatic rings. The summed E-state index contributed by atoms with van der Waals surface area (Å²) in [6.45, 7) is 5.35. The summed E-state index contributed by atoms with van der Waals surface area (Å²) < 4.78 is 20.9. The molecule has 1 aromatic heterocycles. The van der Waals surface area contributed by atoms with Gasteiger partial charge in [0.2, 0.25) is 5.91 Å². The van der Waals surface area contributed by atoms with Gasteiger partial charge in [-0.25, -0.2) is 0 Å². The van der Waals surface area contributed by atoms with Gasteiger partial charge in [0.1, 0.15) is 12.6 Å². The largest absolute Gasteiger partial charge is 0.378 e. The summed E-state index contributed by atoms with van der Waals surface area (Å²) in [6, 6.07) is -0.344. The molecule has 1 amide bonds. The number of nitrogens with zero attached hydrogens (tertiary/aromatic N) is 3. The van der Waals surface area contributed by atoms with E-state index in [9.17, 15) is 4.79 Å². The molecule has 0 saturated carbocycles. The van der Waals surface area contributed by atoms with E-state index in [1.54, 1.807) is 19.1 Å². The van der Waals surface area contributed by atoms with Crippen molar-refractivity contribution in [1.82, 2.24) is 15.0 Å². The number of hydrogen-bond acceptors (Lipinski definition) is 7. The molecule has 1 aromatic rings. The van der Waals surface area contributed by atoms with E-state index in [0.29, 0.717) is 31.5 Å². The number of methoxy groups -OCH3 is 2. The van der Waals surface area contributed by atoms with Gasteiger partial charge >= 0.3 is 0 Å². The zero-order valence-electron chi connectivity index (χ0n) is 13.5. The number of rotatable bonds is 6. The van der Waals surface area contributed by atoms with Crippen LogP contribution in [0.1, 0.15) is 38.0 Å². The molecule has 8 heteroatoms. The Balaban J connectivity index is 2.11. The lowest BCUT2D eigenvalue weighted by Crippen LogP contribution is -2.46. The summed E-state index contributed by atoms with van der Waals surface area (Å²) in [5.74, 6) is 0.807. The highest BCUT2D eigenvalue weighted by Gasteiger charge is 2.34. The fourth-order valence-corrected chi connectivity index (χ4v) is 2.24. The van der Waals surface area contributed by atoms with Crippen LogP contribution in [0.5, 0.6) is 0 Å². The molecule has 1 fully saturated rings. The average molecular weight is 313 g/mol. The van der Waals surface area contributed by atoms with Gasteiger partial charge in [-0.3, -0.25) is 4.79 Å². The number of aromatic nitrogens is 2. The van der Waals surface area contributed by atoms with Crippen molar-refractivity contribution >= 4 is 5.91 Å². The predicted octanol–water partition coefficient (Wildman–Crippen LogP) is 0.931. The normalized spacial score (nSPS) is 19.5. The number of ether oxygens (including phenoxy) is 3. The van der Waals surface area contributed by atoms with Gasteiger partial charge in [0, 0.05) is 20.8 Å². The molecule has 0 radical (unpaired) electrons. The molecule has 0 bridgehead atoms. The van der Waals surface area contributed by atoms with Crippen LogP contribution in [0, 0.1) is 0 Å². The maximum atomic E-state index is 12.6. The summed E-state index contributed by atoms with van der Waals surface area (Å²) in [6.07, 6.45) is 0.281. The Morgan fingerprint density at radius 2 is 2.23 bits per heavy atom. The molecular weight excluding hydrogens is 290 g/mol. The Morgan fingerprint density at radius 3 is 2.91 bits per heavy atom. The molecule has 0 aliphatic carbocycles. The van der Waals surface area contributed by atoms with Gasteiger partial charge in [-0.15, -0.1) is 0 Å². The van der Waals surface area contributed by atoms with E-state index in [-0.39, 0.29) is 25.0 Å². The van der Waals surface area contributed by atoms with Crippen LogP contribution < -0.4 is 0 Å². The minimum atomic E-state index is -0.515. The molecular formula is C14H23N3O5. The van der Waals surface area contributed by atoms with Gasteiger partial charge in [0.25, 0.3) is 5.89 Å². The van der Waals surface area contributed by atoms with Crippen molar-refractivity contribution in [2.45, 2.75) is 38.5 Å². The zero-order valence-corrected chi connectivity index (χ0v) is 13.5. The Bertz CT molecular complexity index is 502. The predicted molar refractivity (Wildman–Crippen MR) is 76.0 cm³/mol. The molecule has 8 nitrogen and oxygen atoms in total. The summed E-state index contributed by atoms with van der Waals surface area (Å²) in [7, 11) is 3.15. The van der Waals surface area contributed by atoms with Gasteiger partial charge in [-0.1, -0.05) is 5.16 Å². The minimum absolute atomic E-state index is 0.0155. The summed E-state index contributed by atoms with van der Waals surface area (Å²) >= 11 is 0. The third-order valence-corrected chi connectivity index (χ3v) is 3.63. The van der Waals surface area contributed by atoms with Gasteiger partial charge < -0.3 is 23.6 Å². The van der Waals surface area contributed by atoms with Crippen LogP contribution >= 0.6 is 0 Å². The lowest BCUT2D eigenvalue weighted by atomic mass is 10.0. The number of carbonyl (C=O) groups is 1. The molecule has 2 heterocycles. The first-order valence-electron chi connectivity index (χ1n) is 7.20. The second-order valence-corrected chi connectivity index (χ2v) is 5.80. The highest BCUT2D eigenvalue weighted by atomic mass is 16.5. The Kier molecular flexibility index (Phi) is 5.49. The van der Waals surface area contributed by atoms with Gasteiger partial charge in [-0.05, 0) is 13.8 Å². The SMILES string of the molecule is COCc1nc(C2COCCN2C(=O)CC(C)(C)OC)no1. The standard InChI is InChI=1S/C14H23N3O5/c1-14(2,20-4)7-12(18)17-5-6-21-8-10(17)13-15-11(9-19-3)22-16-13/h10H,5-9H2,1-4H3. The van der Waals surface area contributed by atoms with Crippen LogP contribution in [0.15, 0.2) is 4.52 Å². The smallest absolute Gasteiger partial charge is 0.252 e. The summed E-state index contributed by atoms with van der Waals surface area (Å²) in [5.41, 5.74) is -0.515. The quantitative estimate of drug-likeness (QED) is 0.772. The third kappa shape index (κ3) is 4.02. The van der Waals surface area contributed by atoms with E-state index >= 15 is 0 Å². The molecule has 124 valence electrons. The van der Waals surface area contributed by atoms with Crippen molar-refractivity contribution in [3.05, 3.63) is 11.7 Å². The lowest BCUT2D eigenvalue weighted by Gasteiger charge is -2.35. The summed E-state index contributed by atoms with van der Waals surface area (Å²) in [4.78, 5) is 18.6.